The molecule has 0 atom stereocenters. The molecule has 5 heteroatoms. The van der Waals surface area contributed by atoms with Crippen LogP contribution in [0.3, 0.4) is 0 Å². The van der Waals surface area contributed by atoms with Crippen LogP contribution in [-0.2, 0) is 0 Å². The fourth-order valence-corrected chi connectivity index (χ4v) is 1.78. The van der Waals surface area contributed by atoms with Gasteiger partial charge in [-0.1, -0.05) is 17.7 Å². The standard InChI is InChI=1S/C14H19N5/c1-4-19(5-2)14-17-13(10-15-18-14)16-12-8-6-11(3)7-9-12/h6-10H,4-5H2,1-3H3,(H,16,17,18). The van der Waals surface area contributed by atoms with Crippen LogP contribution in [0.15, 0.2) is 30.5 Å². The van der Waals surface area contributed by atoms with Gasteiger partial charge in [-0.25, -0.2) is 0 Å². The van der Waals surface area contributed by atoms with Crippen LogP contribution in [0.2, 0.25) is 0 Å². The lowest BCUT2D eigenvalue weighted by Crippen LogP contribution is -2.24. The van der Waals surface area contributed by atoms with Gasteiger partial charge in [0.15, 0.2) is 5.82 Å². The monoisotopic (exact) mass is 257 g/mol. The Balaban J connectivity index is 2.17. The van der Waals surface area contributed by atoms with E-state index in [4.69, 9.17) is 0 Å². The summed E-state index contributed by atoms with van der Waals surface area (Å²) in [4.78, 5) is 6.54. The lowest BCUT2D eigenvalue weighted by atomic mass is 10.2. The summed E-state index contributed by atoms with van der Waals surface area (Å²) in [5, 5.41) is 11.3. The summed E-state index contributed by atoms with van der Waals surface area (Å²) < 4.78 is 0. The lowest BCUT2D eigenvalue weighted by Gasteiger charge is -2.18. The second-order valence-corrected chi connectivity index (χ2v) is 4.30. The second-order valence-electron chi connectivity index (χ2n) is 4.30. The van der Waals surface area contributed by atoms with Crippen LogP contribution in [0.25, 0.3) is 0 Å². The molecule has 0 spiro atoms. The van der Waals surface area contributed by atoms with E-state index in [1.807, 2.05) is 12.1 Å². The van der Waals surface area contributed by atoms with Crippen LogP contribution in [-0.4, -0.2) is 28.3 Å². The molecule has 5 nitrogen and oxygen atoms in total. The van der Waals surface area contributed by atoms with Crippen LogP contribution >= 0.6 is 0 Å². The Kier molecular flexibility index (Phi) is 4.28. The largest absolute Gasteiger partial charge is 0.340 e. The molecule has 0 aliphatic carbocycles. The van der Waals surface area contributed by atoms with E-state index >= 15 is 0 Å². The molecular formula is C14H19N5. The zero-order valence-corrected chi connectivity index (χ0v) is 11.6. The number of aryl methyl sites for hydroxylation is 1. The van der Waals surface area contributed by atoms with Crippen LogP contribution in [0.1, 0.15) is 19.4 Å². The van der Waals surface area contributed by atoms with E-state index in [-0.39, 0.29) is 0 Å². The Morgan fingerprint density at radius 3 is 2.42 bits per heavy atom. The van der Waals surface area contributed by atoms with E-state index in [1.165, 1.54) is 5.56 Å². The van der Waals surface area contributed by atoms with Crippen molar-refractivity contribution in [1.82, 2.24) is 15.2 Å². The summed E-state index contributed by atoms with van der Waals surface area (Å²) in [6, 6.07) is 8.16. The van der Waals surface area contributed by atoms with E-state index in [1.54, 1.807) is 6.20 Å². The van der Waals surface area contributed by atoms with Crippen molar-refractivity contribution in [3.05, 3.63) is 36.0 Å². The van der Waals surface area contributed by atoms with Crippen LogP contribution in [0.5, 0.6) is 0 Å². The van der Waals surface area contributed by atoms with Crippen molar-refractivity contribution >= 4 is 17.5 Å². The first-order valence-electron chi connectivity index (χ1n) is 6.51. The summed E-state index contributed by atoms with van der Waals surface area (Å²) in [6.45, 7) is 7.95. The molecule has 0 aliphatic heterocycles. The van der Waals surface area contributed by atoms with Gasteiger partial charge < -0.3 is 10.2 Å². The van der Waals surface area contributed by atoms with Gasteiger partial charge in [0.25, 0.3) is 0 Å². The number of anilines is 3. The molecule has 2 rings (SSSR count). The Labute approximate surface area is 113 Å². The predicted octanol–water partition coefficient (Wildman–Crippen LogP) is 2.77. The molecule has 1 N–H and O–H groups in total. The van der Waals surface area contributed by atoms with Gasteiger partial charge in [-0.2, -0.15) is 10.1 Å². The maximum Gasteiger partial charge on any atom is 0.247 e. The second kappa shape index (κ2) is 6.13. The van der Waals surface area contributed by atoms with Gasteiger partial charge in [-0.15, -0.1) is 5.10 Å². The number of aromatic nitrogens is 3. The maximum atomic E-state index is 4.47. The lowest BCUT2D eigenvalue weighted by molar-refractivity contribution is 0.796. The van der Waals surface area contributed by atoms with Gasteiger partial charge in [-0.3, -0.25) is 0 Å². The van der Waals surface area contributed by atoms with E-state index < -0.39 is 0 Å². The quantitative estimate of drug-likeness (QED) is 0.892. The molecule has 0 radical (unpaired) electrons. The molecule has 1 aromatic carbocycles. The average Bonchev–Trinajstić information content (AvgIpc) is 2.43. The van der Waals surface area contributed by atoms with Crippen molar-refractivity contribution in [3.63, 3.8) is 0 Å². The summed E-state index contributed by atoms with van der Waals surface area (Å²) in [5.74, 6) is 1.36. The van der Waals surface area contributed by atoms with E-state index in [9.17, 15) is 0 Å². The van der Waals surface area contributed by atoms with Gasteiger partial charge in [0.2, 0.25) is 5.95 Å². The number of nitrogens with zero attached hydrogens (tertiary/aromatic N) is 4. The minimum Gasteiger partial charge on any atom is -0.340 e. The highest BCUT2D eigenvalue weighted by molar-refractivity contribution is 5.56. The molecule has 0 fully saturated rings. The third-order valence-corrected chi connectivity index (χ3v) is 2.92. The number of rotatable bonds is 5. The number of nitrogens with one attached hydrogen (secondary N) is 1. The topological polar surface area (TPSA) is 53.9 Å². The fourth-order valence-electron chi connectivity index (χ4n) is 1.78. The Bertz CT molecular complexity index is 520. The molecule has 1 aromatic heterocycles. The normalized spacial score (nSPS) is 10.3. The fraction of sp³-hybridized carbons (Fsp3) is 0.357. The van der Waals surface area contributed by atoms with Gasteiger partial charge in [0, 0.05) is 18.8 Å². The van der Waals surface area contributed by atoms with Crippen molar-refractivity contribution in [2.24, 2.45) is 0 Å². The first kappa shape index (κ1) is 13.3. The average molecular weight is 257 g/mol. The smallest absolute Gasteiger partial charge is 0.247 e. The van der Waals surface area contributed by atoms with Crippen molar-refractivity contribution < 1.29 is 0 Å². The molecule has 2 aromatic rings. The van der Waals surface area contributed by atoms with E-state index in [0.29, 0.717) is 11.8 Å². The molecule has 100 valence electrons. The highest BCUT2D eigenvalue weighted by atomic mass is 15.3. The van der Waals surface area contributed by atoms with Crippen LogP contribution in [0, 0.1) is 6.92 Å². The molecule has 0 amide bonds. The third kappa shape index (κ3) is 3.40. The van der Waals surface area contributed by atoms with Crippen LogP contribution < -0.4 is 10.2 Å². The van der Waals surface area contributed by atoms with E-state index in [2.05, 4.69) is 58.3 Å². The predicted molar refractivity (Wildman–Crippen MR) is 77.8 cm³/mol. The molecule has 19 heavy (non-hydrogen) atoms. The Morgan fingerprint density at radius 2 is 1.79 bits per heavy atom. The van der Waals surface area contributed by atoms with Gasteiger partial charge in [0.05, 0.1) is 6.20 Å². The highest BCUT2D eigenvalue weighted by Crippen LogP contribution is 2.16. The van der Waals surface area contributed by atoms with Crippen LogP contribution in [0.4, 0.5) is 17.5 Å². The molecule has 0 saturated carbocycles. The summed E-state index contributed by atoms with van der Waals surface area (Å²) in [6.07, 6.45) is 1.63. The van der Waals surface area contributed by atoms with Crippen molar-refractivity contribution in [2.75, 3.05) is 23.3 Å². The number of benzene rings is 1. The zero-order valence-electron chi connectivity index (χ0n) is 11.6. The van der Waals surface area contributed by atoms with Gasteiger partial charge >= 0.3 is 0 Å². The highest BCUT2D eigenvalue weighted by Gasteiger charge is 2.07. The first-order chi connectivity index (χ1) is 9.22. The summed E-state index contributed by atoms with van der Waals surface area (Å²) in [5.41, 5.74) is 2.23. The van der Waals surface area contributed by atoms with Crippen molar-refractivity contribution in [3.8, 4) is 0 Å². The molecule has 0 saturated heterocycles. The first-order valence-corrected chi connectivity index (χ1v) is 6.51. The van der Waals surface area contributed by atoms with Gasteiger partial charge in [-0.05, 0) is 32.9 Å². The third-order valence-electron chi connectivity index (χ3n) is 2.92. The summed E-state index contributed by atoms with van der Waals surface area (Å²) in [7, 11) is 0. The van der Waals surface area contributed by atoms with Crippen molar-refractivity contribution in [2.45, 2.75) is 20.8 Å². The number of hydrogen-bond donors (Lipinski definition) is 1. The van der Waals surface area contributed by atoms with E-state index in [0.717, 1.165) is 18.8 Å². The Morgan fingerprint density at radius 1 is 1.11 bits per heavy atom. The molecule has 0 unspecified atom stereocenters. The minimum atomic E-state index is 0.655. The maximum absolute atomic E-state index is 4.47. The minimum absolute atomic E-state index is 0.655. The molecular weight excluding hydrogens is 238 g/mol. The molecule has 0 aliphatic rings. The van der Waals surface area contributed by atoms with Gasteiger partial charge in [0.1, 0.15) is 0 Å². The molecule has 0 bridgehead atoms. The number of hydrogen-bond acceptors (Lipinski definition) is 5. The Hall–Kier alpha value is -2.17. The van der Waals surface area contributed by atoms with Crippen molar-refractivity contribution in [1.29, 1.82) is 0 Å². The zero-order chi connectivity index (χ0) is 13.7. The summed E-state index contributed by atoms with van der Waals surface area (Å²) >= 11 is 0. The molecule has 1 heterocycles. The SMILES string of the molecule is CCN(CC)c1nncc(Nc2ccc(C)cc2)n1.